The average Bonchev–Trinajstić information content (AvgIpc) is 2.56. The van der Waals surface area contributed by atoms with Gasteiger partial charge in [0.2, 0.25) is 0 Å². The van der Waals surface area contributed by atoms with Gasteiger partial charge < -0.3 is 15.7 Å². The number of nitrogens with zero attached hydrogens (tertiary/aromatic N) is 1. The maximum Gasteiger partial charge on any atom is 0.191 e. The molecule has 0 aliphatic rings. The van der Waals surface area contributed by atoms with Crippen molar-refractivity contribution in [2.75, 3.05) is 13.1 Å². The lowest BCUT2D eigenvalue weighted by molar-refractivity contribution is 0.475. The molecule has 0 bridgehead atoms. The number of aliphatic imine (C=N–C) groups is 1. The molecule has 2 rings (SSSR count). The lowest BCUT2D eigenvalue weighted by Gasteiger charge is -2.11. The van der Waals surface area contributed by atoms with Crippen molar-refractivity contribution in [3.05, 3.63) is 65.5 Å². The first-order valence-corrected chi connectivity index (χ1v) is 7.72. The van der Waals surface area contributed by atoms with Crippen LogP contribution in [0.25, 0.3) is 0 Å². The molecule has 0 unspecified atom stereocenters. The predicted octanol–water partition coefficient (Wildman–Crippen LogP) is 3.45. The summed E-state index contributed by atoms with van der Waals surface area (Å²) in [5.74, 6) is 0.773. The topological polar surface area (TPSA) is 56.7 Å². The van der Waals surface area contributed by atoms with Crippen LogP contribution in [0.3, 0.4) is 0 Å². The van der Waals surface area contributed by atoms with E-state index in [1.54, 1.807) is 24.3 Å². The minimum Gasteiger partial charge on any atom is -0.508 e. The standard InChI is InChI=1S/C18H22FN3O.HI/c1-2-20-18(22-13-15-5-9-17(23)10-6-15)21-12-11-14-3-7-16(19)8-4-14;/h3-10,23H,2,11-13H2,1H3,(H2,20,21,22);1H. The summed E-state index contributed by atoms with van der Waals surface area (Å²) in [6.07, 6.45) is 0.796. The molecule has 0 atom stereocenters. The average molecular weight is 443 g/mol. The molecule has 2 aromatic rings. The van der Waals surface area contributed by atoms with Crippen LogP contribution in [0.5, 0.6) is 5.75 Å². The van der Waals surface area contributed by atoms with E-state index in [0.717, 1.165) is 30.1 Å². The van der Waals surface area contributed by atoms with Gasteiger partial charge in [-0.3, -0.25) is 0 Å². The van der Waals surface area contributed by atoms with E-state index in [-0.39, 0.29) is 35.5 Å². The normalized spacial score (nSPS) is 10.8. The third-order valence-electron chi connectivity index (χ3n) is 3.32. The lowest BCUT2D eigenvalue weighted by atomic mass is 10.1. The van der Waals surface area contributed by atoms with Gasteiger partial charge in [0.15, 0.2) is 5.96 Å². The van der Waals surface area contributed by atoms with E-state index in [9.17, 15) is 9.50 Å². The predicted molar refractivity (Wildman–Crippen MR) is 106 cm³/mol. The van der Waals surface area contributed by atoms with Crippen molar-refractivity contribution < 1.29 is 9.50 Å². The van der Waals surface area contributed by atoms with Gasteiger partial charge in [0.25, 0.3) is 0 Å². The second-order valence-electron chi connectivity index (χ2n) is 5.16. The van der Waals surface area contributed by atoms with Crippen LogP contribution in [0.2, 0.25) is 0 Å². The molecule has 130 valence electrons. The molecule has 0 radical (unpaired) electrons. The third-order valence-corrected chi connectivity index (χ3v) is 3.32. The van der Waals surface area contributed by atoms with E-state index in [4.69, 9.17) is 0 Å². The molecular weight excluding hydrogens is 420 g/mol. The molecule has 4 nitrogen and oxygen atoms in total. The monoisotopic (exact) mass is 443 g/mol. The highest BCUT2D eigenvalue weighted by molar-refractivity contribution is 14.0. The number of benzene rings is 2. The smallest absolute Gasteiger partial charge is 0.191 e. The quantitative estimate of drug-likeness (QED) is 0.364. The summed E-state index contributed by atoms with van der Waals surface area (Å²) in [5, 5.41) is 15.7. The number of rotatable bonds is 6. The summed E-state index contributed by atoms with van der Waals surface area (Å²) in [7, 11) is 0. The molecule has 6 heteroatoms. The van der Waals surface area contributed by atoms with Crippen molar-refractivity contribution in [3.63, 3.8) is 0 Å². The van der Waals surface area contributed by atoms with E-state index >= 15 is 0 Å². The van der Waals surface area contributed by atoms with Gasteiger partial charge in [0.1, 0.15) is 11.6 Å². The van der Waals surface area contributed by atoms with E-state index in [0.29, 0.717) is 13.1 Å². The fourth-order valence-corrected chi connectivity index (χ4v) is 2.09. The van der Waals surface area contributed by atoms with Crippen molar-refractivity contribution >= 4 is 29.9 Å². The van der Waals surface area contributed by atoms with Gasteiger partial charge in [0, 0.05) is 13.1 Å². The number of halogens is 2. The van der Waals surface area contributed by atoms with Crippen LogP contribution in [-0.4, -0.2) is 24.2 Å². The summed E-state index contributed by atoms with van der Waals surface area (Å²) in [5.41, 5.74) is 2.10. The van der Waals surface area contributed by atoms with Crippen LogP contribution in [0, 0.1) is 5.82 Å². The van der Waals surface area contributed by atoms with Crippen LogP contribution in [0.15, 0.2) is 53.5 Å². The summed E-state index contributed by atoms with van der Waals surface area (Å²) in [4.78, 5) is 4.51. The summed E-state index contributed by atoms with van der Waals surface area (Å²) in [6.45, 7) is 4.04. The van der Waals surface area contributed by atoms with Crippen LogP contribution in [-0.2, 0) is 13.0 Å². The van der Waals surface area contributed by atoms with Crippen molar-refractivity contribution in [2.24, 2.45) is 4.99 Å². The highest BCUT2D eigenvalue weighted by Gasteiger charge is 1.99. The first-order chi connectivity index (χ1) is 11.2. The number of nitrogens with one attached hydrogen (secondary N) is 2. The van der Waals surface area contributed by atoms with Gasteiger partial charge >= 0.3 is 0 Å². The highest BCUT2D eigenvalue weighted by Crippen LogP contribution is 2.10. The Kier molecular flexibility index (Phi) is 9.14. The zero-order chi connectivity index (χ0) is 16.5. The summed E-state index contributed by atoms with van der Waals surface area (Å²) in [6, 6.07) is 13.5. The Morgan fingerprint density at radius 2 is 1.62 bits per heavy atom. The highest BCUT2D eigenvalue weighted by atomic mass is 127. The van der Waals surface area contributed by atoms with Crippen molar-refractivity contribution in [1.82, 2.24) is 10.6 Å². The largest absolute Gasteiger partial charge is 0.508 e. The Morgan fingerprint density at radius 1 is 1.00 bits per heavy atom. The number of guanidine groups is 1. The minimum atomic E-state index is -0.217. The molecule has 2 aromatic carbocycles. The first kappa shape index (κ1) is 20.2. The van der Waals surface area contributed by atoms with E-state index in [1.165, 1.54) is 12.1 Å². The molecule has 0 aliphatic heterocycles. The van der Waals surface area contributed by atoms with E-state index < -0.39 is 0 Å². The van der Waals surface area contributed by atoms with Gasteiger partial charge in [-0.25, -0.2) is 9.38 Å². The van der Waals surface area contributed by atoms with Crippen LogP contribution < -0.4 is 10.6 Å². The number of aromatic hydroxyl groups is 1. The Labute approximate surface area is 159 Å². The fourth-order valence-electron chi connectivity index (χ4n) is 2.09. The Morgan fingerprint density at radius 3 is 2.25 bits per heavy atom. The third kappa shape index (κ3) is 7.16. The molecule has 0 heterocycles. The first-order valence-electron chi connectivity index (χ1n) is 7.72. The number of hydrogen-bond donors (Lipinski definition) is 3. The van der Waals surface area contributed by atoms with Gasteiger partial charge in [-0.1, -0.05) is 24.3 Å². The van der Waals surface area contributed by atoms with Crippen molar-refractivity contribution in [1.29, 1.82) is 0 Å². The molecule has 0 fully saturated rings. The fraction of sp³-hybridized carbons (Fsp3) is 0.278. The number of phenolic OH excluding ortho intramolecular Hbond substituents is 1. The summed E-state index contributed by atoms with van der Waals surface area (Å²) < 4.78 is 12.9. The molecule has 0 aromatic heterocycles. The van der Waals surface area contributed by atoms with E-state index in [1.807, 2.05) is 19.1 Å². The molecule has 0 spiro atoms. The van der Waals surface area contributed by atoms with Gasteiger partial charge in [-0.15, -0.1) is 24.0 Å². The Bertz CT molecular complexity index is 630. The molecule has 0 amide bonds. The number of hydrogen-bond acceptors (Lipinski definition) is 2. The maximum absolute atomic E-state index is 12.9. The Balaban J connectivity index is 0.00000288. The van der Waals surface area contributed by atoms with Gasteiger partial charge in [0.05, 0.1) is 6.54 Å². The van der Waals surface area contributed by atoms with Crippen LogP contribution in [0.4, 0.5) is 4.39 Å². The lowest BCUT2D eigenvalue weighted by Crippen LogP contribution is -2.38. The maximum atomic E-state index is 12.9. The zero-order valence-corrected chi connectivity index (χ0v) is 16.0. The minimum absolute atomic E-state index is 0. The van der Waals surface area contributed by atoms with Crippen LogP contribution in [0.1, 0.15) is 18.1 Å². The van der Waals surface area contributed by atoms with Crippen molar-refractivity contribution in [3.8, 4) is 5.75 Å². The van der Waals surface area contributed by atoms with Gasteiger partial charge in [-0.05, 0) is 48.7 Å². The second-order valence-corrected chi connectivity index (χ2v) is 5.16. The molecule has 3 N–H and O–H groups in total. The SMILES string of the molecule is CCNC(=NCc1ccc(O)cc1)NCCc1ccc(F)cc1.I. The van der Waals surface area contributed by atoms with Gasteiger partial charge in [-0.2, -0.15) is 0 Å². The second kappa shape index (κ2) is 10.9. The Hall–Kier alpha value is -1.83. The molecule has 0 saturated heterocycles. The zero-order valence-electron chi connectivity index (χ0n) is 13.6. The van der Waals surface area contributed by atoms with Crippen molar-refractivity contribution in [2.45, 2.75) is 19.9 Å². The summed E-state index contributed by atoms with van der Waals surface area (Å²) >= 11 is 0. The molecule has 0 aliphatic carbocycles. The number of phenols is 1. The molecule has 0 saturated carbocycles. The van der Waals surface area contributed by atoms with E-state index in [2.05, 4.69) is 15.6 Å². The molecular formula is C18H23FIN3O. The molecule has 24 heavy (non-hydrogen) atoms. The van der Waals surface area contributed by atoms with Crippen LogP contribution >= 0.6 is 24.0 Å².